The Bertz CT molecular complexity index is 415. The lowest BCUT2D eigenvalue weighted by atomic mass is 10.1. The van der Waals surface area contributed by atoms with Gasteiger partial charge in [0.2, 0.25) is 5.91 Å². The van der Waals surface area contributed by atoms with Gasteiger partial charge < -0.3 is 16.0 Å². The van der Waals surface area contributed by atoms with Crippen LogP contribution in [-0.2, 0) is 11.3 Å². The van der Waals surface area contributed by atoms with Crippen molar-refractivity contribution >= 4 is 17.3 Å². The first-order valence-electron chi connectivity index (χ1n) is 5.52. The number of hydrogen-bond donors (Lipinski definition) is 2. The maximum absolute atomic E-state index is 11.8. The van der Waals surface area contributed by atoms with Crippen molar-refractivity contribution in [2.75, 3.05) is 16.8 Å². The number of anilines is 2. The Kier molecular flexibility index (Phi) is 2.83. The van der Waals surface area contributed by atoms with Crippen molar-refractivity contribution in [3.05, 3.63) is 23.8 Å². The van der Waals surface area contributed by atoms with E-state index in [1.807, 2.05) is 36.9 Å². The lowest BCUT2D eigenvalue weighted by Gasteiger charge is -2.33. The van der Waals surface area contributed by atoms with Gasteiger partial charge in [-0.15, -0.1) is 0 Å². The highest BCUT2D eigenvalue weighted by Crippen LogP contribution is 2.31. The molecule has 1 aliphatic rings. The smallest absolute Gasteiger partial charge is 0.246 e. The third-order valence-corrected chi connectivity index (χ3v) is 2.77. The molecule has 1 heterocycles. The number of hydrogen-bond acceptors (Lipinski definition) is 3. The molecule has 1 aliphatic heterocycles. The van der Waals surface area contributed by atoms with Gasteiger partial charge in [0.05, 0.1) is 17.9 Å². The molecule has 0 saturated heterocycles. The molecule has 0 fully saturated rings. The van der Waals surface area contributed by atoms with Crippen molar-refractivity contribution < 1.29 is 4.79 Å². The van der Waals surface area contributed by atoms with E-state index < -0.39 is 0 Å². The van der Waals surface area contributed by atoms with Gasteiger partial charge in [-0.1, -0.05) is 6.07 Å². The second-order valence-electron chi connectivity index (χ2n) is 4.27. The first-order valence-corrected chi connectivity index (χ1v) is 5.52. The molecule has 2 rings (SSSR count). The summed E-state index contributed by atoms with van der Waals surface area (Å²) in [6.45, 7) is 4.91. The van der Waals surface area contributed by atoms with Crippen LogP contribution < -0.4 is 16.0 Å². The quantitative estimate of drug-likeness (QED) is 0.788. The van der Waals surface area contributed by atoms with E-state index in [0.717, 1.165) is 16.9 Å². The summed E-state index contributed by atoms with van der Waals surface area (Å²) in [5.41, 5.74) is 8.61. The minimum Gasteiger partial charge on any atom is -0.374 e. The molecule has 0 bridgehead atoms. The molecular weight excluding hydrogens is 202 g/mol. The van der Waals surface area contributed by atoms with Crippen molar-refractivity contribution in [3.8, 4) is 0 Å². The number of carbonyl (C=O) groups is 1. The van der Waals surface area contributed by atoms with Crippen LogP contribution in [0.3, 0.4) is 0 Å². The monoisotopic (exact) mass is 219 g/mol. The minimum atomic E-state index is 0.114. The lowest BCUT2D eigenvalue weighted by molar-refractivity contribution is -0.117. The number of rotatable bonds is 2. The number of nitrogens with zero attached hydrogens (tertiary/aromatic N) is 1. The van der Waals surface area contributed by atoms with Crippen LogP contribution in [0.1, 0.15) is 19.4 Å². The molecule has 0 aliphatic carbocycles. The third kappa shape index (κ3) is 1.76. The van der Waals surface area contributed by atoms with Crippen LogP contribution in [-0.4, -0.2) is 18.5 Å². The summed E-state index contributed by atoms with van der Waals surface area (Å²) < 4.78 is 0. The topological polar surface area (TPSA) is 58.4 Å². The molecular formula is C12H17N3O. The summed E-state index contributed by atoms with van der Waals surface area (Å²) >= 11 is 0. The summed E-state index contributed by atoms with van der Waals surface area (Å²) in [7, 11) is 0. The molecule has 1 amide bonds. The van der Waals surface area contributed by atoms with E-state index in [-0.39, 0.29) is 11.9 Å². The van der Waals surface area contributed by atoms with Crippen molar-refractivity contribution in [2.45, 2.75) is 26.4 Å². The predicted octanol–water partition coefficient (Wildman–Crippen LogP) is 1.31. The highest BCUT2D eigenvalue weighted by molar-refractivity contribution is 6.03. The SMILES string of the molecule is CC(C)N1C(=O)CNc2cc(CN)ccc21. The van der Waals surface area contributed by atoms with Gasteiger partial charge in [-0.2, -0.15) is 0 Å². The molecule has 0 atom stereocenters. The zero-order valence-electron chi connectivity index (χ0n) is 9.66. The normalized spacial score (nSPS) is 15.0. The van der Waals surface area contributed by atoms with Crippen LogP contribution in [0.25, 0.3) is 0 Å². The van der Waals surface area contributed by atoms with E-state index in [9.17, 15) is 4.79 Å². The van der Waals surface area contributed by atoms with Gasteiger partial charge in [0.1, 0.15) is 0 Å². The Morgan fingerprint density at radius 3 is 2.88 bits per heavy atom. The highest BCUT2D eigenvalue weighted by Gasteiger charge is 2.25. The molecule has 86 valence electrons. The summed E-state index contributed by atoms with van der Waals surface area (Å²) in [5.74, 6) is 0.114. The zero-order chi connectivity index (χ0) is 11.7. The van der Waals surface area contributed by atoms with Gasteiger partial charge in [0.15, 0.2) is 0 Å². The Morgan fingerprint density at radius 2 is 2.25 bits per heavy atom. The van der Waals surface area contributed by atoms with E-state index in [1.54, 1.807) is 0 Å². The summed E-state index contributed by atoms with van der Waals surface area (Å²) in [5, 5.41) is 3.13. The highest BCUT2D eigenvalue weighted by atomic mass is 16.2. The van der Waals surface area contributed by atoms with Crippen molar-refractivity contribution in [2.24, 2.45) is 5.73 Å². The van der Waals surface area contributed by atoms with Gasteiger partial charge in [-0.3, -0.25) is 4.79 Å². The van der Waals surface area contributed by atoms with Crippen LogP contribution >= 0.6 is 0 Å². The van der Waals surface area contributed by atoms with Crippen LogP contribution in [0.5, 0.6) is 0 Å². The fraction of sp³-hybridized carbons (Fsp3) is 0.417. The number of carbonyl (C=O) groups excluding carboxylic acids is 1. The van der Waals surface area contributed by atoms with Gasteiger partial charge in [-0.25, -0.2) is 0 Å². The second-order valence-corrected chi connectivity index (χ2v) is 4.27. The molecule has 1 aromatic carbocycles. The Morgan fingerprint density at radius 1 is 1.50 bits per heavy atom. The van der Waals surface area contributed by atoms with Crippen molar-refractivity contribution in [1.82, 2.24) is 0 Å². The second kappa shape index (κ2) is 4.14. The number of amides is 1. The molecule has 16 heavy (non-hydrogen) atoms. The summed E-state index contributed by atoms with van der Waals surface area (Å²) in [4.78, 5) is 13.6. The van der Waals surface area contributed by atoms with Crippen LogP contribution in [0, 0.1) is 0 Å². The number of nitrogens with two attached hydrogens (primary N) is 1. The van der Waals surface area contributed by atoms with E-state index in [2.05, 4.69) is 5.32 Å². The number of benzene rings is 1. The fourth-order valence-corrected chi connectivity index (χ4v) is 2.02. The summed E-state index contributed by atoms with van der Waals surface area (Å²) in [6.07, 6.45) is 0. The Balaban J connectivity index is 2.44. The van der Waals surface area contributed by atoms with Crippen molar-refractivity contribution in [3.63, 3.8) is 0 Å². The van der Waals surface area contributed by atoms with E-state index in [1.165, 1.54) is 0 Å². The average Bonchev–Trinajstić information content (AvgIpc) is 2.27. The molecule has 3 N–H and O–H groups in total. The average molecular weight is 219 g/mol. The third-order valence-electron chi connectivity index (χ3n) is 2.77. The Labute approximate surface area is 95.4 Å². The molecule has 0 aromatic heterocycles. The van der Waals surface area contributed by atoms with E-state index in [4.69, 9.17) is 5.73 Å². The van der Waals surface area contributed by atoms with E-state index in [0.29, 0.717) is 13.1 Å². The molecule has 0 unspecified atom stereocenters. The maximum atomic E-state index is 11.8. The van der Waals surface area contributed by atoms with Crippen LogP contribution in [0.4, 0.5) is 11.4 Å². The molecule has 0 radical (unpaired) electrons. The van der Waals surface area contributed by atoms with Crippen LogP contribution in [0.15, 0.2) is 18.2 Å². The Hall–Kier alpha value is -1.55. The lowest BCUT2D eigenvalue weighted by Crippen LogP contribution is -2.44. The first kappa shape index (κ1) is 11.0. The number of fused-ring (bicyclic) bond motifs is 1. The van der Waals surface area contributed by atoms with Gasteiger partial charge >= 0.3 is 0 Å². The zero-order valence-corrected chi connectivity index (χ0v) is 9.66. The van der Waals surface area contributed by atoms with Gasteiger partial charge in [-0.05, 0) is 31.5 Å². The van der Waals surface area contributed by atoms with E-state index >= 15 is 0 Å². The molecule has 0 saturated carbocycles. The summed E-state index contributed by atoms with van der Waals surface area (Å²) in [6, 6.07) is 6.12. The number of nitrogens with one attached hydrogen (secondary N) is 1. The minimum absolute atomic E-state index is 0.114. The first-order chi connectivity index (χ1) is 7.63. The predicted molar refractivity (Wildman–Crippen MR) is 65.4 cm³/mol. The van der Waals surface area contributed by atoms with Crippen LogP contribution in [0.2, 0.25) is 0 Å². The molecule has 0 spiro atoms. The standard InChI is InChI=1S/C12H17N3O/c1-8(2)15-11-4-3-9(6-13)5-10(11)14-7-12(15)16/h3-5,8,14H,6-7,13H2,1-2H3. The molecule has 1 aromatic rings. The largest absolute Gasteiger partial charge is 0.374 e. The van der Waals surface area contributed by atoms with Crippen molar-refractivity contribution in [1.29, 1.82) is 0 Å². The van der Waals surface area contributed by atoms with Gasteiger partial charge in [0.25, 0.3) is 0 Å². The maximum Gasteiger partial charge on any atom is 0.246 e. The molecule has 4 nitrogen and oxygen atoms in total. The fourth-order valence-electron chi connectivity index (χ4n) is 2.02. The van der Waals surface area contributed by atoms with Gasteiger partial charge in [0, 0.05) is 12.6 Å². The molecule has 4 heteroatoms.